The van der Waals surface area contributed by atoms with Crippen molar-refractivity contribution in [3.63, 3.8) is 0 Å². The van der Waals surface area contributed by atoms with Crippen LogP contribution >= 0.6 is 27.3 Å². The molecule has 2 N–H and O–H groups in total. The summed E-state index contributed by atoms with van der Waals surface area (Å²) >= 11 is 4.78. The molecule has 0 saturated carbocycles. The van der Waals surface area contributed by atoms with Gasteiger partial charge in [0.05, 0.1) is 18.1 Å². The summed E-state index contributed by atoms with van der Waals surface area (Å²) in [6.45, 7) is 2.60. The Morgan fingerprint density at radius 1 is 1.22 bits per heavy atom. The molecule has 0 radical (unpaired) electrons. The van der Waals surface area contributed by atoms with Gasteiger partial charge >= 0.3 is 0 Å². The highest BCUT2D eigenvalue weighted by Gasteiger charge is 2.14. The third kappa shape index (κ3) is 5.12. The predicted octanol–water partition coefficient (Wildman–Crippen LogP) is 4.41. The highest BCUT2D eigenvalue weighted by atomic mass is 79.9. The first kappa shape index (κ1) is 19.5. The van der Waals surface area contributed by atoms with E-state index in [0.29, 0.717) is 11.6 Å². The molecule has 2 aromatic carbocycles. The molecule has 1 aromatic heterocycles. The van der Waals surface area contributed by atoms with Crippen molar-refractivity contribution in [2.45, 2.75) is 19.5 Å². The van der Waals surface area contributed by atoms with Gasteiger partial charge in [-0.25, -0.2) is 0 Å². The molecule has 1 atom stereocenters. The second kappa shape index (κ2) is 9.07. The molecule has 0 aliphatic heterocycles. The van der Waals surface area contributed by atoms with Crippen LogP contribution < -0.4 is 15.4 Å². The Morgan fingerprint density at radius 3 is 2.70 bits per heavy atom. The lowest BCUT2D eigenvalue weighted by Gasteiger charge is -2.14. The molecule has 0 aliphatic rings. The van der Waals surface area contributed by atoms with Gasteiger partial charge in [-0.1, -0.05) is 35.6 Å². The number of amides is 1. The molecule has 0 fully saturated rings. The van der Waals surface area contributed by atoms with Crippen LogP contribution in [0.2, 0.25) is 0 Å². The molecule has 1 amide bonds. The lowest BCUT2D eigenvalue weighted by molar-refractivity contribution is 0.102. The summed E-state index contributed by atoms with van der Waals surface area (Å²) in [5.41, 5.74) is 1.85. The highest BCUT2D eigenvalue weighted by Crippen LogP contribution is 2.28. The monoisotopic (exact) mass is 446 g/mol. The third-order valence-corrected chi connectivity index (χ3v) is 5.47. The van der Waals surface area contributed by atoms with E-state index in [9.17, 15) is 4.79 Å². The lowest BCUT2D eigenvalue weighted by atomic mass is 10.1. The van der Waals surface area contributed by atoms with Gasteiger partial charge < -0.3 is 15.4 Å². The number of para-hydroxylation sites is 1. The zero-order valence-electron chi connectivity index (χ0n) is 14.9. The summed E-state index contributed by atoms with van der Waals surface area (Å²) in [6.07, 6.45) is 0. The number of hydrogen-bond acceptors (Lipinski definition) is 6. The first-order valence-corrected chi connectivity index (χ1v) is 9.93. The summed E-state index contributed by atoms with van der Waals surface area (Å²) in [6, 6.07) is 15.4. The van der Waals surface area contributed by atoms with Crippen molar-refractivity contribution < 1.29 is 9.53 Å². The number of ether oxygens (including phenoxy) is 1. The number of halogens is 1. The maximum Gasteiger partial charge on any atom is 0.286 e. The molecule has 140 valence electrons. The van der Waals surface area contributed by atoms with Gasteiger partial charge in [0.1, 0.15) is 10.8 Å². The van der Waals surface area contributed by atoms with Crippen molar-refractivity contribution in [1.82, 2.24) is 15.5 Å². The quantitative estimate of drug-likeness (QED) is 0.561. The van der Waals surface area contributed by atoms with Crippen LogP contribution in [-0.2, 0) is 6.54 Å². The molecule has 3 rings (SSSR count). The molecule has 3 aromatic rings. The second-order valence-electron chi connectivity index (χ2n) is 5.82. The molecule has 1 heterocycles. The van der Waals surface area contributed by atoms with Crippen molar-refractivity contribution in [2.24, 2.45) is 0 Å². The fraction of sp³-hybridized carbons (Fsp3) is 0.211. The normalized spacial score (nSPS) is 11.8. The van der Waals surface area contributed by atoms with Crippen molar-refractivity contribution >= 4 is 38.9 Å². The van der Waals surface area contributed by atoms with Gasteiger partial charge in [0.25, 0.3) is 5.91 Å². The van der Waals surface area contributed by atoms with Crippen LogP contribution in [0.25, 0.3) is 0 Å². The SMILES string of the molecule is COc1ccc(C(C)NCc2nnc(C(=O)Nc3ccccc3)s2)cc1Br. The van der Waals surface area contributed by atoms with E-state index < -0.39 is 0 Å². The van der Waals surface area contributed by atoms with Crippen LogP contribution in [-0.4, -0.2) is 23.2 Å². The number of carbonyl (C=O) groups excluding carboxylic acids is 1. The summed E-state index contributed by atoms with van der Waals surface area (Å²) in [5, 5.41) is 15.4. The highest BCUT2D eigenvalue weighted by molar-refractivity contribution is 9.10. The molecule has 27 heavy (non-hydrogen) atoms. The maximum atomic E-state index is 12.2. The predicted molar refractivity (Wildman–Crippen MR) is 110 cm³/mol. The van der Waals surface area contributed by atoms with Crippen LogP contribution in [0.3, 0.4) is 0 Å². The van der Waals surface area contributed by atoms with E-state index in [0.717, 1.165) is 26.5 Å². The van der Waals surface area contributed by atoms with Gasteiger partial charge in [0.15, 0.2) is 0 Å². The number of nitrogens with one attached hydrogen (secondary N) is 2. The van der Waals surface area contributed by atoms with Gasteiger partial charge in [-0.3, -0.25) is 4.79 Å². The van der Waals surface area contributed by atoms with Gasteiger partial charge in [0, 0.05) is 11.7 Å². The number of benzene rings is 2. The molecular weight excluding hydrogens is 428 g/mol. The molecular formula is C19H19BrN4O2S. The first-order valence-electron chi connectivity index (χ1n) is 8.32. The molecule has 8 heteroatoms. The second-order valence-corrected chi connectivity index (χ2v) is 7.73. The zero-order chi connectivity index (χ0) is 19.2. The van der Waals surface area contributed by atoms with Crippen LogP contribution in [0.4, 0.5) is 5.69 Å². The number of hydrogen-bond donors (Lipinski definition) is 2. The van der Waals surface area contributed by atoms with E-state index in [1.807, 2.05) is 48.5 Å². The largest absolute Gasteiger partial charge is 0.496 e. The van der Waals surface area contributed by atoms with Crippen molar-refractivity contribution in [1.29, 1.82) is 0 Å². The number of anilines is 1. The van der Waals surface area contributed by atoms with Crippen molar-refractivity contribution in [2.75, 3.05) is 12.4 Å². The number of carbonyl (C=O) groups is 1. The number of aromatic nitrogens is 2. The fourth-order valence-electron chi connectivity index (χ4n) is 2.43. The van der Waals surface area contributed by atoms with Crippen LogP contribution in [0, 0.1) is 0 Å². The van der Waals surface area contributed by atoms with E-state index >= 15 is 0 Å². The Morgan fingerprint density at radius 2 is 2.00 bits per heavy atom. The lowest BCUT2D eigenvalue weighted by Crippen LogP contribution is -2.18. The Labute approximate surface area is 170 Å². The van der Waals surface area contributed by atoms with Crippen molar-refractivity contribution in [3.05, 3.63) is 68.6 Å². The van der Waals surface area contributed by atoms with E-state index in [-0.39, 0.29) is 11.9 Å². The minimum absolute atomic E-state index is 0.109. The van der Waals surface area contributed by atoms with Gasteiger partial charge in [-0.15, -0.1) is 10.2 Å². The Kier molecular flexibility index (Phi) is 6.54. The Hall–Kier alpha value is -2.29. The van der Waals surface area contributed by atoms with Crippen LogP contribution in [0.5, 0.6) is 5.75 Å². The molecule has 6 nitrogen and oxygen atoms in total. The molecule has 0 spiro atoms. The standard InChI is InChI=1S/C19H19BrN4O2S/c1-12(13-8-9-16(26-2)15(20)10-13)21-11-17-23-24-19(27-17)18(25)22-14-6-4-3-5-7-14/h3-10,12,21H,11H2,1-2H3,(H,22,25). The molecule has 1 unspecified atom stereocenters. The van der Waals surface area contributed by atoms with Gasteiger partial charge in [-0.2, -0.15) is 0 Å². The van der Waals surface area contributed by atoms with Crippen LogP contribution in [0.15, 0.2) is 53.0 Å². The number of nitrogens with zero attached hydrogens (tertiary/aromatic N) is 2. The smallest absolute Gasteiger partial charge is 0.286 e. The average Bonchev–Trinajstić information content (AvgIpc) is 3.16. The Bertz CT molecular complexity index is 917. The topological polar surface area (TPSA) is 76.1 Å². The summed E-state index contributed by atoms with van der Waals surface area (Å²) in [5.74, 6) is 0.543. The minimum Gasteiger partial charge on any atom is -0.496 e. The molecule has 0 bridgehead atoms. The number of rotatable bonds is 7. The first-order chi connectivity index (χ1) is 13.1. The number of methoxy groups -OCH3 is 1. The van der Waals surface area contributed by atoms with Gasteiger partial charge in [0.2, 0.25) is 5.01 Å². The minimum atomic E-state index is -0.253. The van der Waals surface area contributed by atoms with E-state index in [1.165, 1.54) is 11.3 Å². The Balaban J connectivity index is 1.57. The maximum absolute atomic E-state index is 12.2. The third-order valence-electron chi connectivity index (χ3n) is 3.93. The fourth-order valence-corrected chi connectivity index (χ4v) is 3.68. The average molecular weight is 447 g/mol. The van der Waals surface area contributed by atoms with Crippen LogP contribution in [0.1, 0.15) is 33.3 Å². The zero-order valence-corrected chi connectivity index (χ0v) is 17.3. The molecule has 0 aliphatic carbocycles. The summed E-state index contributed by atoms with van der Waals surface area (Å²) in [4.78, 5) is 12.2. The van der Waals surface area contributed by atoms with E-state index in [1.54, 1.807) is 7.11 Å². The van der Waals surface area contributed by atoms with Crippen molar-refractivity contribution in [3.8, 4) is 5.75 Å². The van der Waals surface area contributed by atoms with E-state index in [4.69, 9.17) is 4.74 Å². The van der Waals surface area contributed by atoms with Gasteiger partial charge in [-0.05, 0) is 52.7 Å². The molecule has 0 saturated heterocycles. The summed E-state index contributed by atoms with van der Waals surface area (Å²) in [7, 11) is 1.64. The summed E-state index contributed by atoms with van der Waals surface area (Å²) < 4.78 is 6.16. The van der Waals surface area contributed by atoms with E-state index in [2.05, 4.69) is 43.7 Å².